The van der Waals surface area contributed by atoms with Crippen molar-refractivity contribution in [1.82, 2.24) is 0 Å². The lowest BCUT2D eigenvalue weighted by atomic mass is 9.99. The lowest BCUT2D eigenvalue weighted by Gasteiger charge is -2.11. The molecule has 1 unspecified atom stereocenters. The van der Waals surface area contributed by atoms with E-state index in [9.17, 15) is 5.11 Å². The van der Waals surface area contributed by atoms with E-state index < -0.39 is 6.10 Å². The first-order valence-corrected chi connectivity index (χ1v) is 5.42. The zero-order chi connectivity index (χ0) is 11.5. The maximum atomic E-state index is 10.1. The second-order valence-corrected chi connectivity index (χ2v) is 4.27. The Balaban J connectivity index is 2.17. The molecule has 0 saturated heterocycles. The van der Waals surface area contributed by atoms with Gasteiger partial charge in [0, 0.05) is 6.42 Å². The van der Waals surface area contributed by atoms with Gasteiger partial charge in [-0.05, 0) is 31.0 Å². The first kappa shape index (κ1) is 11.0. The third kappa shape index (κ3) is 2.52. The van der Waals surface area contributed by atoms with Gasteiger partial charge in [-0.3, -0.25) is 0 Å². The normalized spacial score (nSPS) is 12.7. The minimum atomic E-state index is -0.462. The zero-order valence-corrected chi connectivity index (χ0v) is 9.60. The van der Waals surface area contributed by atoms with Crippen molar-refractivity contribution >= 4 is 0 Å². The highest BCUT2D eigenvalue weighted by Crippen LogP contribution is 2.20. The fraction of sp³-hybridized carbons (Fsp3) is 0.286. The summed E-state index contributed by atoms with van der Waals surface area (Å²) in [5.41, 5.74) is 4.35. The molecule has 0 aliphatic heterocycles. The number of aliphatic hydroxyl groups excluding tert-OH is 1. The van der Waals surface area contributed by atoms with E-state index in [0.29, 0.717) is 6.42 Å². The SMILES string of the molecule is Cc1cc(C)cc(C(O)Cc2ccoc2)c1. The summed E-state index contributed by atoms with van der Waals surface area (Å²) in [6, 6.07) is 8.04. The second-order valence-electron chi connectivity index (χ2n) is 4.27. The Labute approximate surface area is 95.5 Å². The van der Waals surface area contributed by atoms with Crippen LogP contribution in [0.1, 0.15) is 28.4 Å². The van der Waals surface area contributed by atoms with Crippen LogP contribution >= 0.6 is 0 Å². The Hall–Kier alpha value is -1.54. The molecule has 0 saturated carbocycles. The van der Waals surface area contributed by atoms with E-state index in [0.717, 1.165) is 11.1 Å². The highest BCUT2D eigenvalue weighted by molar-refractivity contribution is 5.30. The lowest BCUT2D eigenvalue weighted by molar-refractivity contribution is 0.178. The van der Waals surface area contributed by atoms with Crippen molar-refractivity contribution in [1.29, 1.82) is 0 Å². The van der Waals surface area contributed by atoms with Crippen LogP contribution in [0, 0.1) is 13.8 Å². The van der Waals surface area contributed by atoms with Gasteiger partial charge in [0.05, 0.1) is 18.6 Å². The van der Waals surface area contributed by atoms with Gasteiger partial charge in [0.2, 0.25) is 0 Å². The Morgan fingerprint density at radius 2 is 1.88 bits per heavy atom. The van der Waals surface area contributed by atoms with Crippen molar-refractivity contribution in [2.45, 2.75) is 26.4 Å². The van der Waals surface area contributed by atoms with Crippen LogP contribution in [0.4, 0.5) is 0 Å². The summed E-state index contributed by atoms with van der Waals surface area (Å²) >= 11 is 0. The maximum absolute atomic E-state index is 10.1. The number of rotatable bonds is 3. The van der Waals surface area contributed by atoms with Crippen LogP contribution < -0.4 is 0 Å². The molecule has 2 nitrogen and oxygen atoms in total. The van der Waals surface area contributed by atoms with Gasteiger partial charge in [-0.15, -0.1) is 0 Å². The predicted octanol–water partition coefficient (Wildman–Crippen LogP) is 3.17. The van der Waals surface area contributed by atoms with Crippen molar-refractivity contribution < 1.29 is 9.52 Å². The van der Waals surface area contributed by atoms with Gasteiger partial charge in [0.15, 0.2) is 0 Å². The monoisotopic (exact) mass is 216 g/mol. The number of hydrogen-bond donors (Lipinski definition) is 1. The quantitative estimate of drug-likeness (QED) is 0.854. The van der Waals surface area contributed by atoms with E-state index in [4.69, 9.17) is 4.42 Å². The molecule has 0 aliphatic rings. The van der Waals surface area contributed by atoms with Crippen molar-refractivity contribution in [3.8, 4) is 0 Å². The topological polar surface area (TPSA) is 33.4 Å². The number of benzene rings is 1. The summed E-state index contributed by atoms with van der Waals surface area (Å²) in [5, 5.41) is 10.1. The Morgan fingerprint density at radius 1 is 1.19 bits per heavy atom. The van der Waals surface area contributed by atoms with Gasteiger partial charge in [-0.1, -0.05) is 29.3 Å². The molecule has 84 valence electrons. The average molecular weight is 216 g/mol. The van der Waals surface area contributed by atoms with Gasteiger partial charge >= 0.3 is 0 Å². The fourth-order valence-electron chi connectivity index (χ4n) is 1.95. The van der Waals surface area contributed by atoms with E-state index in [1.54, 1.807) is 12.5 Å². The maximum Gasteiger partial charge on any atom is 0.0935 e. The van der Waals surface area contributed by atoms with Crippen LogP contribution in [0.2, 0.25) is 0 Å². The first-order chi connectivity index (χ1) is 7.65. The summed E-state index contributed by atoms with van der Waals surface area (Å²) in [5.74, 6) is 0. The molecule has 2 rings (SSSR count). The molecule has 0 radical (unpaired) electrons. The molecule has 0 amide bonds. The van der Waals surface area contributed by atoms with E-state index in [2.05, 4.69) is 6.07 Å². The molecule has 1 heterocycles. The van der Waals surface area contributed by atoms with Crippen LogP contribution in [0.3, 0.4) is 0 Å². The molecule has 1 atom stereocenters. The van der Waals surface area contributed by atoms with Gasteiger partial charge in [-0.2, -0.15) is 0 Å². The number of aliphatic hydroxyl groups is 1. The molecule has 2 heteroatoms. The molecule has 16 heavy (non-hydrogen) atoms. The van der Waals surface area contributed by atoms with E-state index in [1.807, 2.05) is 32.0 Å². The van der Waals surface area contributed by atoms with Crippen molar-refractivity contribution in [3.05, 3.63) is 59.0 Å². The molecule has 0 spiro atoms. The van der Waals surface area contributed by atoms with Crippen LogP contribution in [0.25, 0.3) is 0 Å². The molecule has 1 N–H and O–H groups in total. The van der Waals surface area contributed by atoms with Gasteiger partial charge in [0.1, 0.15) is 0 Å². The Morgan fingerprint density at radius 3 is 2.44 bits per heavy atom. The summed E-state index contributed by atoms with van der Waals surface area (Å²) in [4.78, 5) is 0. The van der Waals surface area contributed by atoms with Crippen LogP contribution in [0.5, 0.6) is 0 Å². The molecule has 0 aliphatic carbocycles. The summed E-state index contributed by atoms with van der Waals surface area (Å²) in [7, 11) is 0. The van der Waals surface area contributed by atoms with Crippen LogP contribution in [-0.2, 0) is 6.42 Å². The number of hydrogen-bond acceptors (Lipinski definition) is 2. The molecular formula is C14H16O2. The average Bonchev–Trinajstić information content (AvgIpc) is 2.68. The van der Waals surface area contributed by atoms with E-state index in [1.165, 1.54) is 11.1 Å². The number of furan rings is 1. The highest BCUT2D eigenvalue weighted by atomic mass is 16.3. The van der Waals surface area contributed by atoms with Crippen LogP contribution in [-0.4, -0.2) is 5.11 Å². The molecular weight excluding hydrogens is 200 g/mol. The lowest BCUT2D eigenvalue weighted by Crippen LogP contribution is -2.01. The van der Waals surface area contributed by atoms with Crippen molar-refractivity contribution in [2.75, 3.05) is 0 Å². The van der Waals surface area contributed by atoms with E-state index in [-0.39, 0.29) is 0 Å². The largest absolute Gasteiger partial charge is 0.472 e. The summed E-state index contributed by atoms with van der Waals surface area (Å²) in [6.45, 7) is 4.09. The molecule has 2 aromatic rings. The smallest absolute Gasteiger partial charge is 0.0935 e. The van der Waals surface area contributed by atoms with Crippen molar-refractivity contribution in [2.24, 2.45) is 0 Å². The third-order valence-corrected chi connectivity index (χ3v) is 2.64. The molecule has 1 aromatic carbocycles. The molecule has 0 fully saturated rings. The minimum absolute atomic E-state index is 0.462. The van der Waals surface area contributed by atoms with Crippen molar-refractivity contribution in [3.63, 3.8) is 0 Å². The zero-order valence-electron chi connectivity index (χ0n) is 9.60. The van der Waals surface area contributed by atoms with Gasteiger partial charge < -0.3 is 9.52 Å². The summed E-state index contributed by atoms with van der Waals surface area (Å²) < 4.78 is 4.99. The molecule has 0 bridgehead atoms. The standard InChI is InChI=1S/C14H16O2/c1-10-5-11(2)7-13(6-10)14(15)8-12-3-4-16-9-12/h3-7,9,14-15H,8H2,1-2H3. The minimum Gasteiger partial charge on any atom is -0.472 e. The van der Waals surface area contributed by atoms with Crippen LogP contribution in [0.15, 0.2) is 41.2 Å². The van der Waals surface area contributed by atoms with E-state index >= 15 is 0 Å². The Kier molecular flexibility index (Phi) is 3.11. The predicted molar refractivity (Wildman–Crippen MR) is 63.3 cm³/mol. The molecule has 1 aromatic heterocycles. The second kappa shape index (κ2) is 4.54. The highest BCUT2D eigenvalue weighted by Gasteiger charge is 2.10. The fourth-order valence-corrected chi connectivity index (χ4v) is 1.95. The van der Waals surface area contributed by atoms with Gasteiger partial charge in [-0.25, -0.2) is 0 Å². The first-order valence-electron chi connectivity index (χ1n) is 5.42. The third-order valence-electron chi connectivity index (χ3n) is 2.64. The van der Waals surface area contributed by atoms with Gasteiger partial charge in [0.25, 0.3) is 0 Å². The Bertz CT molecular complexity index is 437. The summed E-state index contributed by atoms with van der Waals surface area (Å²) in [6.07, 6.45) is 3.44. The number of aryl methyl sites for hydroxylation is 2.